The normalized spacial score (nSPS) is 10.8. The molecule has 2 aromatic carbocycles. The van der Waals surface area contributed by atoms with E-state index in [0.29, 0.717) is 6.61 Å². The molecule has 0 saturated carbocycles. The van der Waals surface area contributed by atoms with E-state index < -0.39 is 0 Å². The summed E-state index contributed by atoms with van der Waals surface area (Å²) in [6.45, 7) is 4.42. The third kappa shape index (κ3) is 5.04. The Kier molecular flexibility index (Phi) is 6.58. The SMILES string of the molecule is COCCNCc1cccc(Cl)c1Sc1ccc(C)cc1. The lowest BCUT2D eigenvalue weighted by molar-refractivity contribution is 0.199. The van der Waals surface area contributed by atoms with Gasteiger partial charge in [-0.25, -0.2) is 0 Å². The van der Waals surface area contributed by atoms with Gasteiger partial charge in [-0.2, -0.15) is 0 Å². The van der Waals surface area contributed by atoms with E-state index in [4.69, 9.17) is 16.3 Å². The number of halogens is 1. The first-order chi connectivity index (χ1) is 10.2. The summed E-state index contributed by atoms with van der Waals surface area (Å²) in [6.07, 6.45) is 0. The fourth-order valence-corrected chi connectivity index (χ4v) is 3.18. The number of rotatable bonds is 7. The summed E-state index contributed by atoms with van der Waals surface area (Å²) >= 11 is 8.09. The largest absolute Gasteiger partial charge is 0.383 e. The Bertz CT molecular complexity index is 572. The van der Waals surface area contributed by atoms with Crippen molar-refractivity contribution < 1.29 is 4.74 Å². The second-order valence-electron chi connectivity index (χ2n) is 4.81. The molecule has 0 radical (unpaired) electrons. The molecule has 0 fully saturated rings. The Morgan fingerprint density at radius 3 is 2.62 bits per heavy atom. The van der Waals surface area contributed by atoms with Crippen molar-refractivity contribution in [2.75, 3.05) is 20.3 Å². The maximum Gasteiger partial charge on any atom is 0.0587 e. The van der Waals surface area contributed by atoms with Gasteiger partial charge < -0.3 is 10.1 Å². The summed E-state index contributed by atoms with van der Waals surface area (Å²) in [5.74, 6) is 0. The third-order valence-electron chi connectivity index (χ3n) is 3.09. The first-order valence-electron chi connectivity index (χ1n) is 6.92. The molecule has 112 valence electrons. The van der Waals surface area contributed by atoms with E-state index in [1.807, 2.05) is 12.1 Å². The summed E-state index contributed by atoms with van der Waals surface area (Å²) in [5, 5.41) is 4.17. The van der Waals surface area contributed by atoms with Crippen LogP contribution in [0.4, 0.5) is 0 Å². The second kappa shape index (κ2) is 8.44. The van der Waals surface area contributed by atoms with Crippen molar-refractivity contribution >= 4 is 23.4 Å². The number of methoxy groups -OCH3 is 1. The smallest absolute Gasteiger partial charge is 0.0587 e. The van der Waals surface area contributed by atoms with Crippen molar-refractivity contribution in [3.05, 3.63) is 58.6 Å². The first kappa shape index (κ1) is 16.4. The molecule has 0 aliphatic carbocycles. The van der Waals surface area contributed by atoms with Gasteiger partial charge >= 0.3 is 0 Å². The van der Waals surface area contributed by atoms with Crippen LogP contribution in [-0.4, -0.2) is 20.3 Å². The predicted molar refractivity (Wildman–Crippen MR) is 90.3 cm³/mol. The molecular weight excluding hydrogens is 302 g/mol. The van der Waals surface area contributed by atoms with Gasteiger partial charge in [0.15, 0.2) is 0 Å². The van der Waals surface area contributed by atoms with Gasteiger partial charge in [-0.05, 0) is 30.7 Å². The number of benzene rings is 2. The van der Waals surface area contributed by atoms with Crippen molar-refractivity contribution in [2.24, 2.45) is 0 Å². The van der Waals surface area contributed by atoms with Crippen LogP contribution in [0.3, 0.4) is 0 Å². The molecule has 1 N–H and O–H groups in total. The quantitative estimate of drug-likeness (QED) is 0.757. The summed E-state index contributed by atoms with van der Waals surface area (Å²) in [5.41, 5.74) is 2.48. The molecule has 0 unspecified atom stereocenters. The summed E-state index contributed by atoms with van der Waals surface area (Å²) in [6, 6.07) is 14.6. The minimum Gasteiger partial charge on any atom is -0.383 e. The van der Waals surface area contributed by atoms with Crippen LogP contribution in [-0.2, 0) is 11.3 Å². The summed E-state index contributed by atoms with van der Waals surface area (Å²) in [7, 11) is 1.71. The lowest BCUT2D eigenvalue weighted by atomic mass is 10.2. The van der Waals surface area contributed by atoms with Crippen LogP contribution in [0, 0.1) is 6.92 Å². The Hall–Kier alpha value is -1.00. The van der Waals surface area contributed by atoms with Crippen LogP contribution in [0.15, 0.2) is 52.3 Å². The molecule has 0 aromatic heterocycles. The van der Waals surface area contributed by atoms with E-state index in [2.05, 4.69) is 42.6 Å². The lowest BCUT2D eigenvalue weighted by Crippen LogP contribution is -2.18. The van der Waals surface area contributed by atoms with Gasteiger partial charge in [0, 0.05) is 30.0 Å². The number of ether oxygens (including phenoxy) is 1. The number of aryl methyl sites for hydroxylation is 1. The fraction of sp³-hybridized carbons (Fsp3) is 0.294. The molecule has 0 atom stereocenters. The predicted octanol–water partition coefficient (Wildman–Crippen LogP) is 4.54. The molecule has 21 heavy (non-hydrogen) atoms. The van der Waals surface area contributed by atoms with Crippen molar-refractivity contribution in [3.8, 4) is 0 Å². The standard InChI is InChI=1S/C17H20ClNOS/c1-13-6-8-15(9-7-13)21-17-14(4-3-5-16(17)18)12-19-10-11-20-2/h3-9,19H,10-12H2,1-2H3. The van der Waals surface area contributed by atoms with Crippen LogP contribution in [0.5, 0.6) is 0 Å². The van der Waals surface area contributed by atoms with Crippen LogP contribution in [0.1, 0.15) is 11.1 Å². The Balaban J connectivity index is 2.11. The molecule has 0 saturated heterocycles. The first-order valence-corrected chi connectivity index (χ1v) is 8.11. The topological polar surface area (TPSA) is 21.3 Å². The van der Waals surface area contributed by atoms with Crippen LogP contribution >= 0.6 is 23.4 Å². The number of hydrogen-bond donors (Lipinski definition) is 1. The van der Waals surface area contributed by atoms with Gasteiger partial charge in [-0.1, -0.05) is 53.2 Å². The average molecular weight is 322 g/mol. The molecule has 2 aromatic rings. The van der Waals surface area contributed by atoms with E-state index in [9.17, 15) is 0 Å². The zero-order valence-corrected chi connectivity index (χ0v) is 13.9. The molecule has 0 bridgehead atoms. The molecule has 0 spiro atoms. The van der Waals surface area contributed by atoms with Crippen molar-refractivity contribution in [2.45, 2.75) is 23.3 Å². The minimum absolute atomic E-state index is 0.709. The molecule has 0 amide bonds. The van der Waals surface area contributed by atoms with Crippen LogP contribution < -0.4 is 5.32 Å². The monoisotopic (exact) mass is 321 g/mol. The molecule has 0 heterocycles. The van der Waals surface area contributed by atoms with E-state index >= 15 is 0 Å². The molecular formula is C17H20ClNOS. The van der Waals surface area contributed by atoms with Gasteiger partial charge in [0.05, 0.1) is 11.6 Å². The Morgan fingerprint density at radius 2 is 1.90 bits per heavy atom. The highest BCUT2D eigenvalue weighted by atomic mass is 35.5. The fourth-order valence-electron chi connectivity index (χ4n) is 1.93. The van der Waals surface area contributed by atoms with E-state index in [1.165, 1.54) is 16.0 Å². The zero-order valence-electron chi connectivity index (χ0n) is 12.4. The van der Waals surface area contributed by atoms with Gasteiger partial charge in [0.2, 0.25) is 0 Å². The maximum absolute atomic E-state index is 6.38. The molecule has 2 nitrogen and oxygen atoms in total. The highest BCUT2D eigenvalue weighted by Crippen LogP contribution is 2.36. The Labute approximate surface area is 135 Å². The van der Waals surface area contributed by atoms with E-state index in [1.54, 1.807) is 18.9 Å². The van der Waals surface area contributed by atoms with Crippen molar-refractivity contribution in [1.29, 1.82) is 0 Å². The van der Waals surface area contributed by atoms with Gasteiger partial charge in [0.25, 0.3) is 0 Å². The van der Waals surface area contributed by atoms with Crippen molar-refractivity contribution in [1.82, 2.24) is 5.32 Å². The van der Waals surface area contributed by atoms with E-state index in [0.717, 1.165) is 23.0 Å². The lowest BCUT2D eigenvalue weighted by Gasteiger charge is -2.12. The molecule has 2 rings (SSSR count). The number of nitrogens with one attached hydrogen (secondary N) is 1. The zero-order chi connectivity index (χ0) is 15.1. The molecule has 0 aliphatic rings. The molecule has 0 aliphatic heterocycles. The minimum atomic E-state index is 0.709. The highest BCUT2D eigenvalue weighted by molar-refractivity contribution is 7.99. The summed E-state index contributed by atoms with van der Waals surface area (Å²) < 4.78 is 5.05. The van der Waals surface area contributed by atoms with Gasteiger partial charge in [-0.15, -0.1) is 0 Å². The molecule has 4 heteroatoms. The van der Waals surface area contributed by atoms with Gasteiger partial charge in [-0.3, -0.25) is 0 Å². The average Bonchev–Trinajstić information content (AvgIpc) is 2.49. The van der Waals surface area contributed by atoms with Crippen LogP contribution in [0.25, 0.3) is 0 Å². The Morgan fingerprint density at radius 1 is 1.14 bits per heavy atom. The highest BCUT2D eigenvalue weighted by Gasteiger charge is 2.08. The summed E-state index contributed by atoms with van der Waals surface area (Å²) in [4.78, 5) is 2.32. The van der Waals surface area contributed by atoms with Crippen molar-refractivity contribution in [3.63, 3.8) is 0 Å². The van der Waals surface area contributed by atoms with Crippen LogP contribution in [0.2, 0.25) is 5.02 Å². The maximum atomic E-state index is 6.38. The van der Waals surface area contributed by atoms with E-state index in [-0.39, 0.29) is 0 Å². The number of hydrogen-bond acceptors (Lipinski definition) is 3. The second-order valence-corrected chi connectivity index (χ2v) is 6.30. The van der Waals surface area contributed by atoms with Gasteiger partial charge in [0.1, 0.15) is 0 Å². The third-order valence-corrected chi connectivity index (χ3v) is 4.71.